The van der Waals surface area contributed by atoms with Gasteiger partial charge in [-0.05, 0) is 65.8 Å². The maximum absolute atomic E-state index is 11.9. The van der Waals surface area contributed by atoms with Crippen molar-refractivity contribution in [2.24, 2.45) is 0 Å². The summed E-state index contributed by atoms with van der Waals surface area (Å²) in [6.45, 7) is 10.6. The second-order valence-electron chi connectivity index (χ2n) is 8.28. The van der Waals surface area contributed by atoms with Crippen molar-refractivity contribution < 1.29 is 14.1 Å². The molecule has 0 spiro atoms. The van der Waals surface area contributed by atoms with Gasteiger partial charge in [0.15, 0.2) is 0 Å². The zero-order valence-corrected chi connectivity index (χ0v) is 20.4. The number of thiophene rings is 1. The molecule has 1 saturated heterocycles. The number of hydrogen-bond donors (Lipinski definition) is 1. The van der Waals surface area contributed by atoms with Crippen molar-refractivity contribution in [3.8, 4) is 10.7 Å². The molecule has 3 heterocycles. The highest BCUT2D eigenvalue weighted by molar-refractivity contribution is 7.15. The Morgan fingerprint density at radius 3 is 2.53 bits per heavy atom. The molecule has 0 aromatic carbocycles. The number of carbonyl (C=O) groups is 1. The maximum atomic E-state index is 11.9. The van der Waals surface area contributed by atoms with Crippen LogP contribution in [0.1, 0.15) is 70.2 Å². The molecule has 1 fully saturated rings. The van der Waals surface area contributed by atoms with Gasteiger partial charge in [0.2, 0.25) is 11.7 Å². The van der Waals surface area contributed by atoms with E-state index >= 15 is 0 Å². The van der Waals surface area contributed by atoms with E-state index in [9.17, 15) is 4.79 Å². The van der Waals surface area contributed by atoms with Gasteiger partial charge in [0, 0.05) is 11.4 Å². The van der Waals surface area contributed by atoms with E-state index in [0.29, 0.717) is 11.7 Å². The molecule has 170 valence electrons. The Balaban J connectivity index is 0.00000225. The number of carbonyl (C=O) groups excluding carboxylic acids is 1. The van der Waals surface area contributed by atoms with Crippen LogP contribution in [0.25, 0.3) is 10.7 Å². The van der Waals surface area contributed by atoms with Crippen molar-refractivity contribution in [1.82, 2.24) is 20.4 Å². The van der Waals surface area contributed by atoms with Gasteiger partial charge in [-0.3, -0.25) is 4.90 Å². The van der Waals surface area contributed by atoms with Crippen LogP contribution in [-0.2, 0) is 11.3 Å². The Hall–Kier alpha value is -1.35. The predicted octanol–water partition coefficient (Wildman–Crippen LogP) is 5.60. The van der Waals surface area contributed by atoms with E-state index in [2.05, 4.69) is 26.4 Å². The molecular weight excluding hydrogens is 447 g/mol. The maximum Gasteiger partial charge on any atom is 0.408 e. The molecule has 2 aromatic rings. The summed E-state index contributed by atoms with van der Waals surface area (Å²) >= 11 is 1.69. The number of hydrogen-bond acceptors (Lipinski definition) is 7. The molecular formula is C20H32Cl2N4O3S. The number of aromatic nitrogens is 2. The van der Waals surface area contributed by atoms with Crippen LogP contribution >= 0.6 is 36.2 Å². The molecule has 2 aromatic heterocycles. The summed E-state index contributed by atoms with van der Waals surface area (Å²) in [5, 5.41) is 6.81. The topological polar surface area (TPSA) is 80.5 Å². The van der Waals surface area contributed by atoms with Crippen molar-refractivity contribution in [1.29, 1.82) is 0 Å². The lowest BCUT2D eigenvalue weighted by atomic mass is 10.2. The zero-order chi connectivity index (χ0) is 20.1. The summed E-state index contributed by atoms with van der Waals surface area (Å²) < 4.78 is 10.6. The Labute approximate surface area is 194 Å². The summed E-state index contributed by atoms with van der Waals surface area (Å²) in [6, 6.07) is 3.76. The van der Waals surface area contributed by atoms with E-state index in [-0.39, 0.29) is 24.8 Å². The Morgan fingerprint density at radius 1 is 1.23 bits per heavy atom. The smallest absolute Gasteiger partial charge is 0.408 e. The minimum absolute atomic E-state index is 0. The second kappa shape index (κ2) is 11.9. The SMILES string of the molecule is CC(NC(=O)OC(C)(C)C)c1nc(-c2ccc(CN3CCCCCC3)s2)no1.Cl.Cl. The summed E-state index contributed by atoms with van der Waals surface area (Å²) in [5.74, 6) is 0.920. The minimum Gasteiger partial charge on any atom is -0.444 e. The summed E-state index contributed by atoms with van der Waals surface area (Å²) in [7, 11) is 0. The van der Waals surface area contributed by atoms with Gasteiger partial charge < -0.3 is 14.6 Å². The fourth-order valence-corrected chi connectivity index (χ4v) is 4.13. The third-order valence-electron chi connectivity index (χ3n) is 4.51. The highest BCUT2D eigenvalue weighted by atomic mass is 35.5. The number of amides is 1. The molecule has 7 nitrogen and oxygen atoms in total. The van der Waals surface area contributed by atoms with E-state index < -0.39 is 17.7 Å². The minimum atomic E-state index is -0.551. The molecule has 0 aliphatic carbocycles. The van der Waals surface area contributed by atoms with Crippen molar-refractivity contribution in [3.63, 3.8) is 0 Å². The number of likely N-dealkylation sites (tertiary alicyclic amines) is 1. The van der Waals surface area contributed by atoms with Gasteiger partial charge >= 0.3 is 6.09 Å². The quantitative estimate of drug-likeness (QED) is 0.601. The highest BCUT2D eigenvalue weighted by Gasteiger charge is 2.22. The number of nitrogens with one attached hydrogen (secondary N) is 1. The van der Waals surface area contributed by atoms with Crippen LogP contribution in [0, 0.1) is 0 Å². The van der Waals surface area contributed by atoms with Crippen LogP contribution in [0.3, 0.4) is 0 Å². The van der Waals surface area contributed by atoms with Gasteiger partial charge in [-0.1, -0.05) is 18.0 Å². The van der Waals surface area contributed by atoms with E-state index in [1.807, 2.05) is 26.8 Å². The molecule has 1 aliphatic heterocycles. The van der Waals surface area contributed by atoms with E-state index in [0.717, 1.165) is 11.4 Å². The summed E-state index contributed by atoms with van der Waals surface area (Å²) in [5.41, 5.74) is -0.551. The zero-order valence-electron chi connectivity index (χ0n) is 18.0. The molecule has 30 heavy (non-hydrogen) atoms. The van der Waals surface area contributed by atoms with Gasteiger partial charge in [0.1, 0.15) is 11.6 Å². The van der Waals surface area contributed by atoms with Gasteiger partial charge in [0.25, 0.3) is 0 Å². The molecule has 0 radical (unpaired) electrons. The number of halogens is 2. The normalized spacial score (nSPS) is 16.0. The molecule has 0 saturated carbocycles. The first-order valence-corrected chi connectivity index (χ1v) is 10.8. The van der Waals surface area contributed by atoms with Gasteiger partial charge in [0.05, 0.1) is 4.88 Å². The monoisotopic (exact) mass is 478 g/mol. The number of ether oxygens (including phenoxy) is 1. The van der Waals surface area contributed by atoms with E-state index in [4.69, 9.17) is 9.26 Å². The third kappa shape index (κ3) is 8.06. The highest BCUT2D eigenvalue weighted by Crippen LogP contribution is 2.28. The Morgan fingerprint density at radius 2 is 1.90 bits per heavy atom. The van der Waals surface area contributed by atoms with E-state index in [1.54, 1.807) is 18.3 Å². The van der Waals surface area contributed by atoms with Gasteiger partial charge in [-0.25, -0.2) is 4.79 Å². The van der Waals surface area contributed by atoms with Crippen LogP contribution in [-0.4, -0.2) is 39.8 Å². The fraction of sp³-hybridized carbons (Fsp3) is 0.650. The molecule has 1 unspecified atom stereocenters. The van der Waals surface area contributed by atoms with Crippen molar-refractivity contribution in [2.45, 2.75) is 71.6 Å². The summed E-state index contributed by atoms with van der Waals surface area (Å²) in [4.78, 5) is 21.2. The van der Waals surface area contributed by atoms with Gasteiger partial charge in [-0.15, -0.1) is 36.2 Å². The van der Waals surface area contributed by atoms with Crippen LogP contribution < -0.4 is 5.32 Å². The first kappa shape index (κ1) is 26.7. The molecule has 3 rings (SSSR count). The number of nitrogens with zero attached hydrogens (tertiary/aromatic N) is 3. The van der Waals surface area contributed by atoms with E-state index in [1.165, 1.54) is 43.6 Å². The lowest BCUT2D eigenvalue weighted by molar-refractivity contribution is 0.0499. The lowest BCUT2D eigenvalue weighted by Gasteiger charge is -2.20. The fourth-order valence-electron chi connectivity index (χ4n) is 3.15. The second-order valence-corrected chi connectivity index (χ2v) is 9.45. The first-order chi connectivity index (χ1) is 13.3. The predicted molar refractivity (Wildman–Crippen MR) is 124 cm³/mol. The Bertz CT molecular complexity index is 783. The van der Waals surface area contributed by atoms with Crippen LogP contribution in [0.5, 0.6) is 0 Å². The first-order valence-electron chi connectivity index (χ1n) is 9.95. The molecule has 1 aliphatic rings. The molecule has 1 atom stereocenters. The molecule has 1 N–H and O–H groups in total. The molecule has 0 bridgehead atoms. The van der Waals surface area contributed by atoms with Crippen molar-refractivity contribution >= 4 is 42.2 Å². The van der Waals surface area contributed by atoms with Crippen molar-refractivity contribution in [2.75, 3.05) is 13.1 Å². The molecule has 1 amide bonds. The average Bonchev–Trinajstić information content (AvgIpc) is 3.18. The van der Waals surface area contributed by atoms with Gasteiger partial charge in [-0.2, -0.15) is 4.98 Å². The summed E-state index contributed by atoms with van der Waals surface area (Å²) in [6.07, 6.45) is 4.75. The molecule has 10 heteroatoms. The van der Waals surface area contributed by atoms with Crippen LogP contribution in [0.4, 0.5) is 4.79 Å². The number of rotatable bonds is 5. The van der Waals surface area contributed by atoms with Crippen molar-refractivity contribution in [3.05, 3.63) is 22.9 Å². The Kier molecular flexibility index (Phi) is 10.6. The average molecular weight is 479 g/mol. The lowest BCUT2D eigenvalue weighted by Crippen LogP contribution is -2.34. The van der Waals surface area contributed by atoms with Crippen LogP contribution in [0.15, 0.2) is 16.7 Å². The number of alkyl carbamates (subject to hydrolysis) is 1. The standard InChI is InChI=1S/C20H30N4O3S.2ClH/c1-14(21-19(25)26-20(2,3)4)18-22-17(23-27-18)16-10-9-15(28-16)13-24-11-7-5-6-8-12-24;;/h9-10,14H,5-8,11-13H2,1-4H3,(H,21,25);2*1H. The largest absolute Gasteiger partial charge is 0.444 e. The third-order valence-corrected chi connectivity index (χ3v) is 5.57. The van der Waals surface area contributed by atoms with Crippen LogP contribution in [0.2, 0.25) is 0 Å².